The SMILES string of the molecule is CC(O)CN(CC(=O)O)c1ccccc1. The van der Waals surface area contributed by atoms with E-state index in [2.05, 4.69) is 0 Å². The molecule has 0 bridgehead atoms. The van der Waals surface area contributed by atoms with Crippen LogP contribution in [0.25, 0.3) is 0 Å². The number of hydrogen-bond donors (Lipinski definition) is 2. The lowest BCUT2D eigenvalue weighted by Crippen LogP contribution is -2.35. The van der Waals surface area contributed by atoms with Crippen molar-refractivity contribution in [3.05, 3.63) is 30.3 Å². The number of hydrogen-bond acceptors (Lipinski definition) is 3. The number of carboxylic acids is 1. The molecule has 0 heterocycles. The van der Waals surface area contributed by atoms with E-state index in [1.165, 1.54) is 0 Å². The first-order valence-electron chi connectivity index (χ1n) is 4.79. The Kier molecular flexibility index (Phi) is 4.12. The molecule has 0 fully saturated rings. The molecule has 1 unspecified atom stereocenters. The number of anilines is 1. The van der Waals surface area contributed by atoms with Gasteiger partial charge >= 0.3 is 5.97 Å². The van der Waals surface area contributed by atoms with Gasteiger partial charge in [0.1, 0.15) is 6.54 Å². The van der Waals surface area contributed by atoms with Crippen LogP contribution >= 0.6 is 0 Å². The first-order valence-corrected chi connectivity index (χ1v) is 4.79. The average molecular weight is 209 g/mol. The van der Waals surface area contributed by atoms with Crippen LogP contribution in [-0.2, 0) is 4.79 Å². The quantitative estimate of drug-likeness (QED) is 0.758. The van der Waals surface area contributed by atoms with Crippen LogP contribution in [0.3, 0.4) is 0 Å². The monoisotopic (exact) mass is 209 g/mol. The van der Waals surface area contributed by atoms with Gasteiger partial charge in [-0.05, 0) is 19.1 Å². The second kappa shape index (κ2) is 5.36. The minimum Gasteiger partial charge on any atom is -0.480 e. The number of aliphatic carboxylic acids is 1. The van der Waals surface area contributed by atoms with E-state index in [0.29, 0.717) is 6.54 Å². The third-order valence-corrected chi connectivity index (χ3v) is 1.93. The first kappa shape index (κ1) is 11.5. The van der Waals surface area contributed by atoms with Gasteiger partial charge in [0, 0.05) is 12.2 Å². The van der Waals surface area contributed by atoms with Crippen molar-refractivity contribution >= 4 is 11.7 Å². The number of benzene rings is 1. The molecule has 1 aromatic rings. The Balaban J connectivity index is 2.76. The number of nitrogens with zero attached hydrogens (tertiary/aromatic N) is 1. The molecule has 82 valence electrons. The molecule has 1 atom stereocenters. The Morgan fingerprint density at radius 1 is 1.40 bits per heavy atom. The van der Waals surface area contributed by atoms with Crippen LogP contribution in [-0.4, -0.2) is 35.4 Å². The maximum atomic E-state index is 10.6. The lowest BCUT2D eigenvalue weighted by molar-refractivity contribution is -0.135. The molecule has 0 aliphatic rings. The lowest BCUT2D eigenvalue weighted by atomic mass is 10.2. The van der Waals surface area contributed by atoms with Gasteiger partial charge in [0.15, 0.2) is 0 Å². The zero-order valence-electron chi connectivity index (χ0n) is 8.63. The van der Waals surface area contributed by atoms with Gasteiger partial charge in [-0.1, -0.05) is 18.2 Å². The number of aliphatic hydroxyl groups is 1. The van der Waals surface area contributed by atoms with E-state index in [0.717, 1.165) is 5.69 Å². The molecule has 0 saturated heterocycles. The van der Waals surface area contributed by atoms with Gasteiger partial charge in [0.05, 0.1) is 6.10 Å². The van der Waals surface area contributed by atoms with Crippen LogP contribution in [0.2, 0.25) is 0 Å². The van der Waals surface area contributed by atoms with Crippen LogP contribution in [0, 0.1) is 0 Å². The Bertz CT molecular complexity index is 311. The second-order valence-corrected chi connectivity index (χ2v) is 3.46. The Morgan fingerprint density at radius 3 is 2.47 bits per heavy atom. The van der Waals surface area contributed by atoms with E-state index in [9.17, 15) is 9.90 Å². The van der Waals surface area contributed by atoms with Crippen molar-refractivity contribution in [3.8, 4) is 0 Å². The summed E-state index contributed by atoms with van der Waals surface area (Å²) in [5.74, 6) is -0.903. The van der Waals surface area contributed by atoms with Gasteiger partial charge in [-0.2, -0.15) is 0 Å². The summed E-state index contributed by atoms with van der Waals surface area (Å²) >= 11 is 0. The third kappa shape index (κ3) is 3.99. The molecule has 1 aromatic carbocycles. The van der Waals surface area contributed by atoms with E-state index >= 15 is 0 Å². The van der Waals surface area contributed by atoms with Crippen molar-refractivity contribution in [1.82, 2.24) is 0 Å². The smallest absolute Gasteiger partial charge is 0.323 e. The Morgan fingerprint density at radius 2 is 2.00 bits per heavy atom. The van der Waals surface area contributed by atoms with E-state index in [1.54, 1.807) is 11.8 Å². The standard InChI is InChI=1S/C11H15NO3/c1-9(13)7-12(8-11(14)15)10-5-3-2-4-6-10/h2-6,9,13H,7-8H2,1H3,(H,14,15). The van der Waals surface area contributed by atoms with Crippen molar-refractivity contribution in [3.63, 3.8) is 0 Å². The van der Waals surface area contributed by atoms with Crippen LogP contribution < -0.4 is 4.90 Å². The summed E-state index contributed by atoms with van der Waals surface area (Å²) < 4.78 is 0. The summed E-state index contributed by atoms with van der Waals surface area (Å²) in [6.45, 7) is 1.85. The summed E-state index contributed by atoms with van der Waals surface area (Å²) in [7, 11) is 0. The topological polar surface area (TPSA) is 60.8 Å². The second-order valence-electron chi connectivity index (χ2n) is 3.46. The molecular formula is C11H15NO3. The fourth-order valence-corrected chi connectivity index (χ4v) is 1.38. The Labute approximate surface area is 88.8 Å². The minimum absolute atomic E-state index is 0.102. The molecule has 4 nitrogen and oxygen atoms in total. The normalized spacial score (nSPS) is 12.1. The number of aliphatic hydroxyl groups excluding tert-OH is 1. The fraction of sp³-hybridized carbons (Fsp3) is 0.364. The van der Waals surface area contributed by atoms with Gasteiger partial charge in [0.2, 0.25) is 0 Å². The summed E-state index contributed by atoms with van der Waals surface area (Å²) in [6.07, 6.45) is -0.551. The van der Waals surface area contributed by atoms with Gasteiger partial charge in [-0.15, -0.1) is 0 Å². The minimum atomic E-state index is -0.903. The van der Waals surface area contributed by atoms with Crippen molar-refractivity contribution in [2.24, 2.45) is 0 Å². The highest BCUT2D eigenvalue weighted by Gasteiger charge is 2.12. The predicted octanol–water partition coefficient (Wildman–Crippen LogP) is 0.958. The number of rotatable bonds is 5. The number of carboxylic acid groups (broad SMARTS) is 1. The zero-order chi connectivity index (χ0) is 11.3. The molecule has 0 saturated carbocycles. The van der Waals surface area contributed by atoms with Gasteiger partial charge in [-0.25, -0.2) is 0 Å². The zero-order valence-corrected chi connectivity index (χ0v) is 8.63. The van der Waals surface area contributed by atoms with Crippen LogP contribution in [0.1, 0.15) is 6.92 Å². The Hall–Kier alpha value is -1.55. The van der Waals surface area contributed by atoms with Gasteiger partial charge < -0.3 is 15.1 Å². The maximum Gasteiger partial charge on any atom is 0.323 e. The highest BCUT2D eigenvalue weighted by atomic mass is 16.4. The molecule has 0 aromatic heterocycles. The maximum absolute atomic E-state index is 10.6. The van der Waals surface area contributed by atoms with Gasteiger partial charge in [0.25, 0.3) is 0 Å². The molecule has 0 amide bonds. The lowest BCUT2D eigenvalue weighted by Gasteiger charge is -2.24. The van der Waals surface area contributed by atoms with Crippen molar-refractivity contribution in [1.29, 1.82) is 0 Å². The molecule has 0 radical (unpaired) electrons. The van der Waals surface area contributed by atoms with E-state index in [4.69, 9.17) is 5.11 Å². The molecular weight excluding hydrogens is 194 g/mol. The summed E-state index contributed by atoms with van der Waals surface area (Å²) in [6, 6.07) is 9.19. The summed E-state index contributed by atoms with van der Waals surface area (Å²) in [4.78, 5) is 12.3. The van der Waals surface area contributed by atoms with Crippen LogP contribution in [0.5, 0.6) is 0 Å². The number of para-hydroxylation sites is 1. The molecule has 15 heavy (non-hydrogen) atoms. The fourth-order valence-electron chi connectivity index (χ4n) is 1.38. The predicted molar refractivity (Wildman–Crippen MR) is 58.0 cm³/mol. The van der Waals surface area contributed by atoms with E-state index in [1.807, 2.05) is 30.3 Å². The molecule has 0 aliphatic carbocycles. The molecule has 4 heteroatoms. The molecule has 2 N–H and O–H groups in total. The molecule has 0 aliphatic heterocycles. The van der Waals surface area contributed by atoms with E-state index in [-0.39, 0.29) is 6.54 Å². The highest BCUT2D eigenvalue weighted by molar-refractivity contribution is 5.73. The van der Waals surface area contributed by atoms with Crippen LogP contribution in [0.15, 0.2) is 30.3 Å². The molecule has 0 spiro atoms. The van der Waals surface area contributed by atoms with Crippen molar-refractivity contribution in [2.45, 2.75) is 13.0 Å². The third-order valence-electron chi connectivity index (χ3n) is 1.93. The van der Waals surface area contributed by atoms with E-state index < -0.39 is 12.1 Å². The van der Waals surface area contributed by atoms with Crippen molar-refractivity contribution in [2.75, 3.05) is 18.0 Å². The van der Waals surface area contributed by atoms with Crippen molar-refractivity contribution < 1.29 is 15.0 Å². The summed E-state index contributed by atoms with van der Waals surface area (Å²) in [5, 5.41) is 18.0. The summed E-state index contributed by atoms with van der Waals surface area (Å²) in [5.41, 5.74) is 0.806. The highest BCUT2D eigenvalue weighted by Crippen LogP contribution is 2.13. The number of carbonyl (C=O) groups is 1. The average Bonchev–Trinajstić information content (AvgIpc) is 2.17. The first-order chi connectivity index (χ1) is 7.09. The van der Waals surface area contributed by atoms with Gasteiger partial charge in [-0.3, -0.25) is 4.79 Å². The molecule has 1 rings (SSSR count). The van der Waals surface area contributed by atoms with Crippen LogP contribution in [0.4, 0.5) is 5.69 Å². The largest absolute Gasteiger partial charge is 0.480 e.